The standard InChI is InChI=1S/C23H39N5O/c1-3-24-23(25-11-13-27-14-16-29-17-15-27)26-18-21-9-4-5-10-22(21)19-28-12-7-6-8-20(28)2/h4-5,9-10,20H,3,6-8,11-19H2,1-2H3,(H2,24,25,26). The van der Waals surface area contributed by atoms with Gasteiger partial charge in [-0.1, -0.05) is 30.7 Å². The minimum absolute atomic E-state index is 0.680. The maximum Gasteiger partial charge on any atom is 0.191 e. The van der Waals surface area contributed by atoms with E-state index in [0.717, 1.165) is 58.4 Å². The average Bonchev–Trinajstić information content (AvgIpc) is 2.75. The van der Waals surface area contributed by atoms with Crippen molar-refractivity contribution in [1.29, 1.82) is 0 Å². The third-order valence-corrected chi connectivity index (χ3v) is 6.01. The molecule has 1 aromatic carbocycles. The Bertz CT molecular complexity index is 629. The maximum absolute atomic E-state index is 5.42. The summed E-state index contributed by atoms with van der Waals surface area (Å²) in [5.74, 6) is 0.905. The highest BCUT2D eigenvalue weighted by Crippen LogP contribution is 2.21. The highest BCUT2D eigenvalue weighted by Gasteiger charge is 2.19. The van der Waals surface area contributed by atoms with Gasteiger partial charge >= 0.3 is 0 Å². The van der Waals surface area contributed by atoms with Gasteiger partial charge in [-0.15, -0.1) is 0 Å². The van der Waals surface area contributed by atoms with E-state index in [-0.39, 0.29) is 0 Å². The van der Waals surface area contributed by atoms with Gasteiger partial charge in [-0.05, 0) is 44.4 Å². The smallest absolute Gasteiger partial charge is 0.191 e. The van der Waals surface area contributed by atoms with E-state index in [4.69, 9.17) is 9.73 Å². The van der Waals surface area contributed by atoms with Crippen LogP contribution in [-0.2, 0) is 17.8 Å². The summed E-state index contributed by atoms with van der Waals surface area (Å²) in [6.45, 7) is 14.0. The minimum Gasteiger partial charge on any atom is -0.379 e. The molecule has 2 aliphatic heterocycles. The molecule has 0 amide bonds. The molecule has 0 saturated carbocycles. The Morgan fingerprint density at radius 3 is 2.66 bits per heavy atom. The molecule has 0 radical (unpaired) electrons. The van der Waals surface area contributed by atoms with E-state index >= 15 is 0 Å². The molecule has 2 aliphatic rings. The van der Waals surface area contributed by atoms with E-state index in [1.165, 1.54) is 36.9 Å². The highest BCUT2D eigenvalue weighted by molar-refractivity contribution is 5.79. The Labute approximate surface area is 176 Å². The molecule has 29 heavy (non-hydrogen) atoms. The zero-order valence-corrected chi connectivity index (χ0v) is 18.3. The molecular formula is C23H39N5O. The molecule has 0 spiro atoms. The quantitative estimate of drug-likeness (QED) is 0.518. The molecule has 2 N–H and O–H groups in total. The first kappa shape index (κ1) is 22.1. The second-order valence-corrected chi connectivity index (χ2v) is 8.16. The number of guanidine groups is 1. The van der Waals surface area contributed by atoms with Gasteiger partial charge in [-0.2, -0.15) is 0 Å². The number of ether oxygens (including phenoxy) is 1. The van der Waals surface area contributed by atoms with Gasteiger partial charge in [-0.25, -0.2) is 4.99 Å². The molecule has 0 aromatic heterocycles. The number of piperidine rings is 1. The molecule has 162 valence electrons. The molecule has 0 aliphatic carbocycles. The number of morpholine rings is 1. The van der Waals surface area contributed by atoms with Gasteiger partial charge in [0.1, 0.15) is 0 Å². The molecule has 3 rings (SSSR count). The lowest BCUT2D eigenvalue weighted by molar-refractivity contribution is 0.0389. The molecule has 1 aromatic rings. The first-order valence-electron chi connectivity index (χ1n) is 11.4. The van der Waals surface area contributed by atoms with E-state index in [0.29, 0.717) is 12.6 Å². The summed E-state index contributed by atoms with van der Waals surface area (Å²) in [5, 5.41) is 6.88. The van der Waals surface area contributed by atoms with Crippen LogP contribution in [0.15, 0.2) is 29.3 Å². The summed E-state index contributed by atoms with van der Waals surface area (Å²) in [7, 11) is 0. The van der Waals surface area contributed by atoms with E-state index in [9.17, 15) is 0 Å². The zero-order valence-electron chi connectivity index (χ0n) is 18.3. The van der Waals surface area contributed by atoms with Crippen LogP contribution in [0.3, 0.4) is 0 Å². The number of likely N-dealkylation sites (tertiary alicyclic amines) is 1. The molecule has 2 heterocycles. The van der Waals surface area contributed by atoms with Crippen molar-refractivity contribution < 1.29 is 4.74 Å². The maximum atomic E-state index is 5.42. The third kappa shape index (κ3) is 7.28. The zero-order chi connectivity index (χ0) is 20.3. The fraction of sp³-hybridized carbons (Fsp3) is 0.696. The average molecular weight is 402 g/mol. The van der Waals surface area contributed by atoms with Crippen LogP contribution in [0.5, 0.6) is 0 Å². The Hall–Kier alpha value is -1.63. The molecule has 6 nitrogen and oxygen atoms in total. The fourth-order valence-electron chi connectivity index (χ4n) is 4.14. The minimum atomic E-state index is 0.680. The first-order chi connectivity index (χ1) is 14.3. The fourth-order valence-corrected chi connectivity index (χ4v) is 4.14. The highest BCUT2D eigenvalue weighted by atomic mass is 16.5. The summed E-state index contributed by atoms with van der Waals surface area (Å²) >= 11 is 0. The number of hydrogen-bond donors (Lipinski definition) is 2. The molecule has 0 bridgehead atoms. The monoisotopic (exact) mass is 401 g/mol. The van der Waals surface area contributed by atoms with Crippen LogP contribution in [-0.4, -0.2) is 74.3 Å². The van der Waals surface area contributed by atoms with Crippen molar-refractivity contribution in [3.05, 3.63) is 35.4 Å². The summed E-state index contributed by atoms with van der Waals surface area (Å²) in [6, 6.07) is 9.46. The Morgan fingerprint density at radius 1 is 1.10 bits per heavy atom. The third-order valence-electron chi connectivity index (χ3n) is 6.01. The van der Waals surface area contributed by atoms with E-state index in [1.807, 2.05) is 0 Å². The van der Waals surface area contributed by atoms with Gasteiger partial charge in [0, 0.05) is 45.3 Å². The normalized spacial score (nSPS) is 21.9. The van der Waals surface area contributed by atoms with Crippen molar-refractivity contribution in [2.24, 2.45) is 4.99 Å². The lowest BCUT2D eigenvalue weighted by atomic mass is 10.0. The van der Waals surface area contributed by atoms with Crippen LogP contribution in [0.1, 0.15) is 44.2 Å². The van der Waals surface area contributed by atoms with E-state index in [2.05, 4.69) is 58.5 Å². The largest absolute Gasteiger partial charge is 0.379 e. The lowest BCUT2D eigenvalue weighted by Gasteiger charge is -2.33. The number of aliphatic imine (C=N–C) groups is 1. The van der Waals surface area contributed by atoms with Gasteiger partial charge in [0.05, 0.1) is 19.8 Å². The van der Waals surface area contributed by atoms with Gasteiger partial charge in [-0.3, -0.25) is 9.80 Å². The van der Waals surface area contributed by atoms with Crippen molar-refractivity contribution in [1.82, 2.24) is 20.4 Å². The van der Waals surface area contributed by atoms with Crippen LogP contribution in [0.2, 0.25) is 0 Å². The first-order valence-corrected chi connectivity index (χ1v) is 11.4. The lowest BCUT2D eigenvalue weighted by Crippen LogP contribution is -2.44. The molecular weight excluding hydrogens is 362 g/mol. The van der Waals surface area contributed by atoms with E-state index in [1.54, 1.807) is 0 Å². The number of benzene rings is 1. The summed E-state index contributed by atoms with van der Waals surface area (Å²) < 4.78 is 5.42. The van der Waals surface area contributed by atoms with Crippen LogP contribution in [0.4, 0.5) is 0 Å². The molecule has 2 saturated heterocycles. The van der Waals surface area contributed by atoms with Gasteiger partial charge < -0.3 is 15.4 Å². The van der Waals surface area contributed by atoms with Crippen LogP contribution in [0, 0.1) is 0 Å². The van der Waals surface area contributed by atoms with Gasteiger partial charge in [0.15, 0.2) is 5.96 Å². The van der Waals surface area contributed by atoms with Crippen LogP contribution < -0.4 is 10.6 Å². The Balaban J connectivity index is 1.55. The summed E-state index contributed by atoms with van der Waals surface area (Å²) in [5.41, 5.74) is 2.74. The number of rotatable bonds is 8. The number of hydrogen-bond acceptors (Lipinski definition) is 4. The number of nitrogens with zero attached hydrogens (tertiary/aromatic N) is 3. The van der Waals surface area contributed by atoms with Crippen molar-refractivity contribution in [2.75, 3.05) is 52.5 Å². The van der Waals surface area contributed by atoms with Crippen molar-refractivity contribution in [3.8, 4) is 0 Å². The predicted octanol–water partition coefficient (Wildman–Crippen LogP) is 2.45. The Kier molecular flexibility index (Phi) is 9.25. The topological polar surface area (TPSA) is 52.1 Å². The second-order valence-electron chi connectivity index (χ2n) is 8.16. The second kappa shape index (κ2) is 12.2. The van der Waals surface area contributed by atoms with Gasteiger partial charge in [0.2, 0.25) is 0 Å². The molecule has 6 heteroatoms. The molecule has 1 unspecified atom stereocenters. The molecule has 1 atom stereocenters. The summed E-state index contributed by atoms with van der Waals surface area (Å²) in [4.78, 5) is 9.93. The molecule has 2 fully saturated rings. The Morgan fingerprint density at radius 2 is 1.90 bits per heavy atom. The van der Waals surface area contributed by atoms with Crippen molar-refractivity contribution in [3.63, 3.8) is 0 Å². The van der Waals surface area contributed by atoms with Crippen LogP contribution in [0.25, 0.3) is 0 Å². The van der Waals surface area contributed by atoms with Crippen molar-refractivity contribution in [2.45, 2.75) is 52.2 Å². The van der Waals surface area contributed by atoms with Crippen molar-refractivity contribution >= 4 is 5.96 Å². The van der Waals surface area contributed by atoms with Crippen LogP contribution >= 0.6 is 0 Å². The number of nitrogens with one attached hydrogen (secondary N) is 2. The van der Waals surface area contributed by atoms with Gasteiger partial charge in [0.25, 0.3) is 0 Å². The predicted molar refractivity (Wildman–Crippen MR) is 120 cm³/mol. The van der Waals surface area contributed by atoms with E-state index < -0.39 is 0 Å². The summed E-state index contributed by atoms with van der Waals surface area (Å²) in [6.07, 6.45) is 4.01. The SMILES string of the molecule is CCNC(=NCc1ccccc1CN1CCCCC1C)NCCN1CCOCC1.